The number of nitrogens with one attached hydrogen (secondary N) is 2. The minimum Gasteiger partial charge on any atom is -0.487 e. The smallest absolute Gasteiger partial charge is 0.273 e. The Morgan fingerprint density at radius 2 is 1.86 bits per heavy atom. The lowest BCUT2D eigenvalue weighted by Gasteiger charge is -2.13. The number of guanidine groups is 1. The van der Waals surface area contributed by atoms with Crippen LogP contribution in [0.15, 0.2) is 28.1 Å². The number of aryl methyl sites for hydroxylation is 1. The van der Waals surface area contributed by atoms with E-state index in [1.54, 1.807) is 12.4 Å². The van der Waals surface area contributed by atoms with E-state index in [1.807, 2.05) is 17.7 Å². The number of nitrogens with zero attached hydrogens (tertiary/aromatic N) is 5. The Balaban J connectivity index is 1.27. The maximum Gasteiger partial charge on any atom is 0.273 e. The van der Waals surface area contributed by atoms with Crippen molar-refractivity contribution in [1.82, 2.24) is 25.3 Å². The molecule has 11 heteroatoms. The van der Waals surface area contributed by atoms with E-state index in [-0.39, 0.29) is 0 Å². The van der Waals surface area contributed by atoms with Crippen LogP contribution in [0.4, 0.5) is 5.13 Å². The number of hydrogen-bond acceptors (Lipinski definition) is 11. The van der Waals surface area contributed by atoms with Crippen LogP contribution in [0.25, 0.3) is 11.4 Å². The second-order valence-electron chi connectivity index (χ2n) is 5.84. The molecule has 0 saturated carbocycles. The van der Waals surface area contributed by atoms with Crippen molar-refractivity contribution in [2.75, 3.05) is 31.6 Å². The van der Waals surface area contributed by atoms with Gasteiger partial charge < -0.3 is 20.1 Å². The zero-order chi connectivity index (χ0) is 19.2. The van der Waals surface area contributed by atoms with Gasteiger partial charge in [-0.05, 0) is 13.3 Å². The van der Waals surface area contributed by atoms with Crippen molar-refractivity contribution in [3.8, 4) is 22.3 Å². The number of thiazole rings is 2. The molecule has 1 aliphatic heterocycles. The van der Waals surface area contributed by atoms with Crippen molar-refractivity contribution >= 4 is 33.8 Å². The molecule has 0 aromatic carbocycles. The van der Waals surface area contributed by atoms with Crippen LogP contribution >= 0.6 is 22.7 Å². The summed E-state index contributed by atoms with van der Waals surface area (Å²) in [7, 11) is 0. The summed E-state index contributed by atoms with van der Waals surface area (Å²) in [6.07, 6.45) is 4.35. The number of aliphatic imine (C=N–C) groups is 1. The molecule has 3 aromatic heterocycles. The van der Waals surface area contributed by atoms with Gasteiger partial charge in [0.15, 0.2) is 16.8 Å². The molecule has 4 heterocycles. The fourth-order valence-corrected chi connectivity index (χ4v) is 3.74. The van der Waals surface area contributed by atoms with E-state index in [2.05, 4.69) is 35.6 Å². The molecule has 4 rings (SSSR count). The summed E-state index contributed by atoms with van der Waals surface area (Å²) in [4.78, 5) is 21.6. The molecule has 0 atom stereocenters. The highest BCUT2D eigenvalue weighted by atomic mass is 32.1. The predicted octanol–water partition coefficient (Wildman–Crippen LogP) is 2.58. The molecular formula is C17H19N7O2S2. The van der Waals surface area contributed by atoms with Crippen LogP contribution in [0.5, 0.6) is 10.9 Å². The van der Waals surface area contributed by atoms with Gasteiger partial charge in [-0.25, -0.2) is 19.9 Å². The highest BCUT2D eigenvalue weighted by Crippen LogP contribution is 2.29. The fourth-order valence-electron chi connectivity index (χ4n) is 2.35. The van der Waals surface area contributed by atoms with Crippen LogP contribution in [-0.2, 0) is 0 Å². The minimum atomic E-state index is 0.385. The van der Waals surface area contributed by atoms with Gasteiger partial charge in [0, 0.05) is 23.8 Å². The zero-order valence-electron chi connectivity index (χ0n) is 15.2. The van der Waals surface area contributed by atoms with Gasteiger partial charge >= 0.3 is 0 Å². The van der Waals surface area contributed by atoms with Crippen molar-refractivity contribution in [1.29, 1.82) is 0 Å². The lowest BCUT2D eigenvalue weighted by molar-refractivity contribution is 0.215. The number of rotatable bonds is 7. The third-order valence-corrected chi connectivity index (χ3v) is 5.22. The topological polar surface area (TPSA) is 106 Å². The van der Waals surface area contributed by atoms with Crippen molar-refractivity contribution in [2.24, 2.45) is 4.99 Å². The van der Waals surface area contributed by atoms with E-state index in [0.717, 1.165) is 42.0 Å². The Labute approximate surface area is 169 Å². The van der Waals surface area contributed by atoms with Crippen LogP contribution in [0, 0.1) is 6.92 Å². The number of aromatic nitrogens is 4. The van der Waals surface area contributed by atoms with Gasteiger partial charge in [0.25, 0.3) is 5.19 Å². The Morgan fingerprint density at radius 3 is 2.68 bits per heavy atom. The number of anilines is 1. The first-order valence-corrected chi connectivity index (χ1v) is 10.5. The lowest BCUT2D eigenvalue weighted by Crippen LogP contribution is -2.35. The molecule has 3 aromatic rings. The molecule has 1 aliphatic rings. The largest absolute Gasteiger partial charge is 0.487 e. The van der Waals surface area contributed by atoms with Crippen LogP contribution in [0.2, 0.25) is 0 Å². The molecule has 0 unspecified atom stereocenters. The minimum absolute atomic E-state index is 0.385. The second-order valence-corrected chi connectivity index (χ2v) is 7.51. The average Bonchev–Trinajstić information content (AvgIpc) is 3.37. The highest BCUT2D eigenvalue weighted by molar-refractivity contribution is 7.14. The van der Waals surface area contributed by atoms with E-state index >= 15 is 0 Å². The maximum atomic E-state index is 5.65. The molecule has 0 fully saturated rings. The first-order valence-electron chi connectivity index (χ1n) is 8.77. The quantitative estimate of drug-likeness (QED) is 0.565. The van der Waals surface area contributed by atoms with Gasteiger partial charge in [-0.2, -0.15) is 0 Å². The Kier molecular flexibility index (Phi) is 5.92. The van der Waals surface area contributed by atoms with Crippen LogP contribution in [-0.4, -0.2) is 52.2 Å². The van der Waals surface area contributed by atoms with Crippen molar-refractivity contribution in [3.05, 3.63) is 29.0 Å². The first-order chi connectivity index (χ1) is 13.8. The van der Waals surface area contributed by atoms with Gasteiger partial charge in [0.1, 0.15) is 30.4 Å². The standard InChI is InChI=1S/C17H19N7O2S2/c1-11-20-7-12(8-21-11)25-5-6-26-17-23-14(10-28-17)13-9-27-16(22-13)24-15-18-3-2-4-19-15/h7-10H,2-6H2,1H3,(H2,18,19,22,24). The lowest BCUT2D eigenvalue weighted by atomic mass is 10.4. The molecule has 0 radical (unpaired) electrons. The summed E-state index contributed by atoms with van der Waals surface area (Å²) in [6, 6.07) is 0. The molecule has 0 saturated heterocycles. The van der Waals surface area contributed by atoms with Crippen molar-refractivity contribution in [2.45, 2.75) is 13.3 Å². The van der Waals surface area contributed by atoms with E-state index in [1.165, 1.54) is 22.7 Å². The van der Waals surface area contributed by atoms with Crippen LogP contribution in [0.3, 0.4) is 0 Å². The van der Waals surface area contributed by atoms with Crippen LogP contribution in [0.1, 0.15) is 12.2 Å². The van der Waals surface area contributed by atoms with Gasteiger partial charge in [0.05, 0.1) is 12.4 Å². The summed E-state index contributed by atoms with van der Waals surface area (Å²) in [5, 5.41) is 11.7. The molecule has 0 aliphatic carbocycles. The third-order valence-electron chi connectivity index (χ3n) is 3.71. The molecule has 2 N–H and O–H groups in total. The highest BCUT2D eigenvalue weighted by Gasteiger charge is 2.12. The van der Waals surface area contributed by atoms with Crippen LogP contribution < -0.4 is 20.1 Å². The summed E-state index contributed by atoms with van der Waals surface area (Å²) in [5.41, 5.74) is 1.60. The van der Waals surface area contributed by atoms with Gasteiger partial charge in [-0.3, -0.25) is 4.99 Å². The molecule has 0 bridgehead atoms. The van der Waals surface area contributed by atoms with Gasteiger partial charge in [-0.1, -0.05) is 11.3 Å². The first kappa shape index (κ1) is 18.6. The summed E-state index contributed by atoms with van der Waals surface area (Å²) in [5.74, 6) is 2.10. The average molecular weight is 418 g/mol. The predicted molar refractivity (Wildman–Crippen MR) is 110 cm³/mol. The molecule has 0 spiro atoms. The summed E-state index contributed by atoms with van der Waals surface area (Å²) >= 11 is 2.95. The third kappa shape index (κ3) is 4.93. The monoisotopic (exact) mass is 417 g/mol. The second kappa shape index (κ2) is 8.93. The van der Waals surface area contributed by atoms with Gasteiger partial charge in [-0.15, -0.1) is 11.3 Å². The number of hydrogen-bond donors (Lipinski definition) is 2. The normalized spacial score (nSPS) is 13.5. The maximum absolute atomic E-state index is 5.65. The Hall–Kier alpha value is -2.79. The van der Waals surface area contributed by atoms with Crippen molar-refractivity contribution < 1.29 is 9.47 Å². The fraction of sp³-hybridized carbons (Fsp3) is 0.353. The Bertz CT molecular complexity index is 939. The molecule has 9 nitrogen and oxygen atoms in total. The zero-order valence-corrected chi connectivity index (χ0v) is 16.8. The van der Waals surface area contributed by atoms with Crippen molar-refractivity contribution in [3.63, 3.8) is 0 Å². The molecule has 146 valence electrons. The molecule has 0 amide bonds. The number of ether oxygens (including phenoxy) is 2. The Morgan fingerprint density at radius 1 is 1.07 bits per heavy atom. The molecule has 28 heavy (non-hydrogen) atoms. The summed E-state index contributed by atoms with van der Waals surface area (Å²) in [6.45, 7) is 4.37. The van der Waals surface area contributed by atoms with E-state index in [9.17, 15) is 0 Å². The molecular weight excluding hydrogens is 398 g/mol. The summed E-state index contributed by atoms with van der Waals surface area (Å²) < 4.78 is 11.2. The van der Waals surface area contributed by atoms with E-state index in [4.69, 9.17) is 9.47 Å². The van der Waals surface area contributed by atoms with E-state index in [0.29, 0.717) is 30.0 Å². The van der Waals surface area contributed by atoms with E-state index < -0.39 is 0 Å². The van der Waals surface area contributed by atoms with Gasteiger partial charge in [0.2, 0.25) is 0 Å². The SMILES string of the molecule is Cc1ncc(OCCOc2nc(-c3csc(NC4=NCCCN4)n3)cs2)cn1.